The molecule has 4 heteroatoms. The molecule has 0 unspecified atom stereocenters. The maximum atomic E-state index is 12.6. The Morgan fingerprint density at radius 3 is 2.36 bits per heavy atom. The van der Waals surface area contributed by atoms with Crippen molar-refractivity contribution in [1.82, 2.24) is 0 Å². The molecule has 28 heavy (non-hydrogen) atoms. The van der Waals surface area contributed by atoms with Crippen LogP contribution in [0.2, 0.25) is 0 Å². The fourth-order valence-electron chi connectivity index (χ4n) is 3.32. The molecule has 0 amide bonds. The van der Waals surface area contributed by atoms with E-state index in [9.17, 15) is 4.79 Å². The number of hydrogen-bond donors (Lipinski definition) is 0. The quantitative estimate of drug-likeness (QED) is 0.401. The van der Waals surface area contributed by atoms with Gasteiger partial charge in [-0.1, -0.05) is 52.0 Å². The van der Waals surface area contributed by atoms with Crippen LogP contribution in [0.5, 0.6) is 5.75 Å². The highest BCUT2D eigenvalue weighted by atomic mass is 79.9. The largest absolute Gasteiger partial charge is 0.488 e. The Morgan fingerprint density at radius 1 is 1.00 bits per heavy atom. The molecule has 1 aliphatic rings. The zero-order valence-corrected chi connectivity index (χ0v) is 18.1. The molecule has 0 saturated heterocycles. The summed E-state index contributed by atoms with van der Waals surface area (Å²) in [5.74, 6) is 1.00. The first kappa shape index (κ1) is 19.0. The summed E-state index contributed by atoms with van der Waals surface area (Å²) in [5, 5.41) is 0. The van der Waals surface area contributed by atoms with Crippen molar-refractivity contribution in [3.63, 3.8) is 0 Å². The number of halogens is 1. The van der Waals surface area contributed by atoms with Gasteiger partial charge in [0.1, 0.15) is 12.4 Å². The molecular weight excluding hydrogens is 432 g/mol. The van der Waals surface area contributed by atoms with E-state index in [-0.39, 0.29) is 5.78 Å². The lowest BCUT2D eigenvalue weighted by molar-refractivity contribution is 0.104. The van der Waals surface area contributed by atoms with Crippen LogP contribution in [-0.2, 0) is 6.61 Å². The van der Waals surface area contributed by atoms with Crippen molar-refractivity contribution in [2.24, 2.45) is 0 Å². The van der Waals surface area contributed by atoms with Crippen LogP contribution in [0.4, 0.5) is 0 Å². The monoisotopic (exact) mass is 450 g/mol. The van der Waals surface area contributed by atoms with Crippen LogP contribution in [0.15, 0.2) is 74.9 Å². The van der Waals surface area contributed by atoms with Gasteiger partial charge >= 0.3 is 0 Å². The van der Waals surface area contributed by atoms with E-state index in [4.69, 9.17) is 4.74 Å². The fraction of sp³-hybridized carbons (Fsp3) is 0.125. The summed E-state index contributed by atoms with van der Waals surface area (Å²) in [4.78, 5) is 14.4. The van der Waals surface area contributed by atoms with Crippen LogP contribution in [0.1, 0.15) is 32.6 Å². The molecule has 2 nitrogen and oxygen atoms in total. The van der Waals surface area contributed by atoms with E-state index in [2.05, 4.69) is 28.1 Å². The van der Waals surface area contributed by atoms with Gasteiger partial charge in [0.05, 0.1) is 4.91 Å². The van der Waals surface area contributed by atoms with Crippen LogP contribution in [0.3, 0.4) is 0 Å². The van der Waals surface area contributed by atoms with Gasteiger partial charge in [0.2, 0.25) is 5.78 Å². The second-order valence-corrected chi connectivity index (χ2v) is 8.83. The molecule has 0 atom stereocenters. The average molecular weight is 451 g/mol. The number of allylic oxidation sites excluding steroid dienone is 1. The van der Waals surface area contributed by atoms with Gasteiger partial charge in [-0.2, -0.15) is 0 Å². The van der Waals surface area contributed by atoms with Gasteiger partial charge in [-0.15, -0.1) is 0 Å². The molecule has 0 spiro atoms. The van der Waals surface area contributed by atoms with Gasteiger partial charge < -0.3 is 4.74 Å². The first-order valence-electron chi connectivity index (χ1n) is 9.03. The Hall–Kier alpha value is -2.30. The van der Waals surface area contributed by atoms with Crippen molar-refractivity contribution in [2.75, 3.05) is 0 Å². The van der Waals surface area contributed by atoms with E-state index in [1.807, 2.05) is 68.5 Å². The number of carbonyl (C=O) groups excluding carboxylic acids is 1. The van der Waals surface area contributed by atoms with E-state index >= 15 is 0 Å². The number of benzene rings is 3. The SMILES string of the molecule is Cc1cc(/C=C2\Sc3ccccc3C2=O)cc(C)c1OCc1ccc(Br)cc1. The van der Waals surface area contributed by atoms with Crippen molar-refractivity contribution < 1.29 is 9.53 Å². The van der Waals surface area contributed by atoms with Crippen LogP contribution in [0.25, 0.3) is 6.08 Å². The van der Waals surface area contributed by atoms with Crippen molar-refractivity contribution in [3.8, 4) is 5.75 Å². The minimum atomic E-state index is 0.103. The van der Waals surface area contributed by atoms with Gasteiger partial charge in [-0.25, -0.2) is 0 Å². The van der Waals surface area contributed by atoms with Gasteiger partial charge in [0.25, 0.3) is 0 Å². The molecule has 0 aliphatic carbocycles. The Morgan fingerprint density at radius 2 is 1.68 bits per heavy atom. The summed E-state index contributed by atoms with van der Waals surface area (Å²) >= 11 is 4.99. The molecule has 0 bridgehead atoms. The van der Waals surface area contributed by atoms with E-state index in [1.54, 1.807) is 11.8 Å². The molecule has 0 aromatic heterocycles. The number of fused-ring (bicyclic) bond motifs is 1. The van der Waals surface area contributed by atoms with Gasteiger partial charge in [0.15, 0.2) is 0 Å². The standard InChI is InChI=1S/C24H19BrO2S/c1-15-11-18(13-22-23(26)20-5-3-4-6-21(20)28-22)12-16(2)24(15)27-14-17-7-9-19(25)10-8-17/h3-13H,14H2,1-2H3/b22-13-. The highest BCUT2D eigenvalue weighted by molar-refractivity contribution is 9.10. The molecule has 3 aromatic carbocycles. The number of ketones is 1. The van der Waals surface area contributed by atoms with E-state index < -0.39 is 0 Å². The van der Waals surface area contributed by atoms with Crippen LogP contribution in [-0.4, -0.2) is 5.78 Å². The summed E-state index contributed by atoms with van der Waals surface area (Å²) in [7, 11) is 0. The number of aryl methyl sites for hydroxylation is 2. The number of Topliss-reactive ketones (excluding diaryl/α,β-unsaturated/α-hetero) is 1. The summed E-state index contributed by atoms with van der Waals surface area (Å²) in [6, 6.07) is 20.0. The second kappa shape index (κ2) is 7.98. The predicted molar refractivity (Wildman–Crippen MR) is 119 cm³/mol. The van der Waals surface area contributed by atoms with Gasteiger partial charge in [-0.3, -0.25) is 4.79 Å². The Kier molecular flexibility index (Phi) is 5.42. The third-order valence-electron chi connectivity index (χ3n) is 4.65. The number of rotatable bonds is 4. The molecule has 1 aliphatic heterocycles. The molecule has 1 heterocycles. The summed E-state index contributed by atoms with van der Waals surface area (Å²) < 4.78 is 7.14. The molecule has 4 rings (SSSR count). The van der Waals surface area contributed by atoms with Gasteiger partial charge in [0, 0.05) is 14.9 Å². The summed E-state index contributed by atoms with van der Waals surface area (Å²) in [6.07, 6.45) is 1.98. The number of carbonyl (C=O) groups is 1. The topological polar surface area (TPSA) is 26.3 Å². The highest BCUT2D eigenvalue weighted by Crippen LogP contribution is 2.41. The van der Waals surface area contributed by atoms with Crippen molar-refractivity contribution >= 4 is 39.6 Å². The maximum Gasteiger partial charge on any atom is 0.200 e. The van der Waals surface area contributed by atoms with E-state index in [0.717, 1.165) is 47.8 Å². The zero-order chi connectivity index (χ0) is 19.7. The second-order valence-electron chi connectivity index (χ2n) is 6.83. The fourth-order valence-corrected chi connectivity index (χ4v) is 4.63. The first-order valence-corrected chi connectivity index (χ1v) is 10.6. The predicted octanol–water partition coefficient (Wildman–Crippen LogP) is 6.97. The Balaban J connectivity index is 1.55. The summed E-state index contributed by atoms with van der Waals surface area (Å²) in [5.41, 5.74) is 5.07. The zero-order valence-electron chi connectivity index (χ0n) is 15.7. The van der Waals surface area contributed by atoms with E-state index in [0.29, 0.717) is 6.61 Å². The van der Waals surface area contributed by atoms with E-state index in [1.165, 1.54) is 0 Å². The molecule has 0 fully saturated rings. The maximum absolute atomic E-state index is 12.6. The lowest BCUT2D eigenvalue weighted by Crippen LogP contribution is -2.00. The minimum Gasteiger partial charge on any atom is -0.488 e. The minimum absolute atomic E-state index is 0.103. The highest BCUT2D eigenvalue weighted by Gasteiger charge is 2.25. The molecule has 0 N–H and O–H groups in total. The number of ether oxygens (including phenoxy) is 1. The van der Waals surface area contributed by atoms with Crippen LogP contribution >= 0.6 is 27.7 Å². The summed E-state index contributed by atoms with van der Waals surface area (Å²) in [6.45, 7) is 4.62. The normalized spacial score (nSPS) is 14.4. The third kappa shape index (κ3) is 3.94. The number of thioether (sulfide) groups is 1. The van der Waals surface area contributed by atoms with Gasteiger partial charge in [-0.05, 0) is 78.6 Å². The van der Waals surface area contributed by atoms with Crippen molar-refractivity contribution in [3.05, 3.63) is 97.9 Å². The van der Waals surface area contributed by atoms with Crippen LogP contribution < -0.4 is 4.74 Å². The molecule has 0 saturated carbocycles. The lowest BCUT2D eigenvalue weighted by atomic mass is 10.0. The molecule has 140 valence electrons. The Labute approximate surface area is 177 Å². The molecule has 3 aromatic rings. The first-order chi connectivity index (χ1) is 13.5. The van der Waals surface area contributed by atoms with Crippen molar-refractivity contribution in [1.29, 1.82) is 0 Å². The molecular formula is C24H19BrO2S. The number of hydrogen-bond acceptors (Lipinski definition) is 3. The average Bonchev–Trinajstić information content (AvgIpc) is 2.98. The Bertz CT molecular complexity index is 1060. The smallest absolute Gasteiger partial charge is 0.200 e. The van der Waals surface area contributed by atoms with Crippen molar-refractivity contribution in [2.45, 2.75) is 25.3 Å². The third-order valence-corrected chi connectivity index (χ3v) is 6.28. The van der Waals surface area contributed by atoms with Crippen LogP contribution in [0, 0.1) is 13.8 Å². The lowest BCUT2D eigenvalue weighted by Gasteiger charge is -2.13. The molecule has 0 radical (unpaired) electrons.